The molecular weight excluding hydrogens is 487 g/mol. The fourth-order valence-corrected chi connectivity index (χ4v) is 5.55. The van der Waals surface area contributed by atoms with E-state index in [1.165, 1.54) is 34.0 Å². The van der Waals surface area contributed by atoms with Crippen molar-refractivity contribution < 1.29 is 9.18 Å². The maximum Gasteiger partial charge on any atom is 0.266 e. The Hall–Kier alpha value is -3.49. The minimum Gasteiger partial charge on any atom is -0.340 e. The number of carbonyl (C=O) groups excluding carboxylic acids is 1. The number of piperazine rings is 1. The number of fused-ring (bicyclic) bond motifs is 1. The summed E-state index contributed by atoms with van der Waals surface area (Å²) in [6, 6.07) is 23.5. The number of hydrogen-bond donors (Lipinski definition) is 0. The van der Waals surface area contributed by atoms with Gasteiger partial charge in [-0.2, -0.15) is 0 Å². The Morgan fingerprint density at radius 2 is 1.68 bits per heavy atom. The molecule has 6 nitrogen and oxygen atoms in total. The van der Waals surface area contributed by atoms with Crippen LogP contribution in [0.15, 0.2) is 88.8 Å². The molecule has 0 spiro atoms. The minimum atomic E-state index is -0.414. The number of halogens is 1. The van der Waals surface area contributed by atoms with Gasteiger partial charge in [-0.1, -0.05) is 60.3 Å². The third-order valence-corrected chi connectivity index (χ3v) is 7.58. The Bertz CT molecular complexity index is 1440. The normalized spacial score (nSPS) is 14.2. The first-order chi connectivity index (χ1) is 18.1. The second kappa shape index (κ2) is 11.7. The highest BCUT2D eigenvalue weighted by atomic mass is 32.2. The maximum absolute atomic E-state index is 13.9. The summed E-state index contributed by atoms with van der Waals surface area (Å²) >= 11 is 1.42. The Kier molecular flexibility index (Phi) is 7.96. The molecule has 1 aliphatic heterocycles. The third kappa shape index (κ3) is 6.09. The highest BCUT2D eigenvalue weighted by molar-refractivity contribution is 7.99. The van der Waals surface area contributed by atoms with Crippen molar-refractivity contribution in [3.8, 4) is 5.69 Å². The molecule has 0 bridgehead atoms. The first-order valence-corrected chi connectivity index (χ1v) is 13.5. The van der Waals surface area contributed by atoms with E-state index in [0.29, 0.717) is 40.3 Å². The van der Waals surface area contributed by atoms with Gasteiger partial charge in [0.05, 0.1) is 16.6 Å². The summed E-state index contributed by atoms with van der Waals surface area (Å²) in [6.07, 6.45) is 1.11. The fourth-order valence-electron chi connectivity index (χ4n) is 4.59. The van der Waals surface area contributed by atoms with E-state index in [1.807, 2.05) is 17.0 Å². The lowest BCUT2D eigenvalue weighted by molar-refractivity contribution is -0.133. The van der Waals surface area contributed by atoms with E-state index in [-0.39, 0.29) is 11.5 Å². The van der Waals surface area contributed by atoms with Crippen molar-refractivity contribution >= 4 is 28.6 Å². The molecule has 0 aliphatic carbocycles. The molecule has 8 heteroatoms. The Morgan fingerprint density at radius 1 is 0.919 bits per heavy atom. The van der Waals surface area contributed by atoms with Gasteiger partial charge in [0.25, 0.3) is 5.56 Å². The molecule has 0 unspecified atom stereocenters. The van der Waals surface area contributed by atoms with Crippen molar-refractivity contribution in [3.63, 3.8) is 0 Å². The summed E-state index contributed by atoms with van der Waals surface area (Å²) in [5, 5.41) is 0.981. The zero-order valence-corrected chi connectivity index (χ0v) is 21.4. The number of nitrogens with zero attached hydrogens (tertiary/aromatic N) is 4. The molecule has 0 saturated carbocycles. The van der Waals surface area contributed by atoms with Crippen LogP contribution in [-0.2, 0) is 11.3 Å². The fraction of sp³-hybridized carbons (Fsp3) is 0.276. The van der Waals surface area contributed by atoms with Crippen LogP contribution in [0.3, 0.4) is 0 Å². The molecule has 190 valence electrons. The largest absolute Gasteiger partial charge is 0.340 e. The molecule has 0 N–H and O–H groups in total. The van der Waals surface area contributed by atoms with Crippen LogP contribution in [0.5, 0.6) is 0 Å². The van der Waals surface area contributed by atoms with E-state index in [1.54, 1.807) is 30.3 Å². The molecule has 37 heavy (non-hydrogen) atoms. The third-order valence-electron chi connectivity index (χ3n) is 6.55. The Labute approximate surface area is 219 Å². The number of carbonyl (C=O) groups is 1. The topological polar surface area (TPSA) is 58.4 Å². The standard InChI is InChI=1S/C29H29FN4O2S/c30-23-10-6-11-24(20-23)34-28(36)25-12-4-5-13-26(25)31-29(34)37-19-7-14-27(35)33-17-15-32(16-18-33)21-22-8-2-1-3-9-22/h1-6,8-13,20H,7,14-19,21H2. The molecule has 1 aliphatic rings. The lowest BCUT2D eigenvalue weighted by Crippen LogP contribution is -2.48. The van der Waals surface area contributed by atoms with Gasteiger partial charge in [-0.05, 0) is 42.3 Å². The Morgan fingerprint density at radius 3 is 2.46 bits per heavy atom. The molecule has 4 aromatic rings. The van der Waals surface area contributed by atoms with Crippen LogP contribution in [0, 0.1) is 5.82 Å². The number of thioether (sulfide) groups is 1. The number of hydrogen-bond acceptors (Lipinski definition) is 5. The number of amides is 1. The molecule has 1 saturated heterocycles. The first kappa shape index (κ1) is 25.2. The predicted molar refractivity (Wildman–Crippen MR) is 146 cm³/mol. The molecule has 0 radical (unpaired) electrons. The summed E-state index contributed by atoms with van der Waals surface area (Å²) in [5.41, 5.74) is 2.10. The van der Waals surface area contributed by atoms with Gasteiger partial charge < -0.3 is 4.90 Å². The highest BCUT2D eigenvalue weighted by Gasteiger charge is 2.21. The van der Waals surface area contributed by atoms with E-state index in [9.17, 15) is 14.0 Å². The van der Waals surface area contributed by atoms with Crippen LogP contribution in [0.25, 0.3) is 16.6 Å². The van der Waals surface area contributed by atoms with Crippen molar-refractivity contribution in [1.82, 2.24) is 19.4 Å². The summed E-state index contributed by atoms with van der Waals surface area (Å²) in [4.78, 5) is 35.1. The summed E-state index contributed by atoms with van der Waals surface area (Å²) in [5.74, 6) is 0.372. The van der Waals surface area contributed by atoms with Gasteiger partial charge in [-0.25, -0.2) is 9.37 Å². The zero-order valence-electron chi connectivity index (χ0n) is 20.6. The smallest absolute Gasteiger partial charge is 0.266 e. The van der Waals surface area contributed by atoms with Crippen LogP contribution >= 0.6 is 11.8 Å². The molecule has 3 aromatic carbocycles. The van der Waals surface area contributed by atoms with Gasteiger partial charge in [0.1, 0.15) is 5.82 Å². The summed E-state index contributed by atoms with van der Waals surface area (Å²) in [6.45, 7) is 4.13. The van der Waals surface area contributed by atoms with Crippen LogP contribution < -0.4 is 5.56 Å². The molecule has 1 aromatic heterocycles. The van der Waals surface area contributed by atoms with Gasteiger partial charge in [0.15, 0.2) is 5.16 Å². The molecule has 2 heterocycles. The lowest BCUT2D eigenvalue weighted by Gasteiger charge is -2.34. The predicted octanol–water partition coefficient (Wildman–Crippen LogP) is 4.74. The molecule has 5 rings (SSSR count). The van der Waals surface area contributed by atoms with Crippen molar-refractivity contribution in [3.05, 3.63) is 101 Å². The number of benzene rings is 3. The van der Waals surface area contributed by atoms with E-state index in [2.05, 4.69) is 29.2 Å². The molecule has 0 atom stereocenters. The molecule has 1 amide bonds. The van der Waals surface area contributed by atoms with E-state index in [0.717, 1.165) is 32.7 Å². The van der Waals surface area contributed by atoms with Gasteiger partial charge in [-0.15, -0.1) is 0 Å². The Balaban J connectivity index is 1.19. The average molecular weight is 517 g/mol. The number of para-hydroxylation sites is 1. The number of aromatic nitrogens is 2. The van der Waals surface area contributed by atoms with Crippen molar-refractivity contribution in [2.75, 3.05) is 31.9 Å². The second-order valence-electron chi connectivity index (χ2n) is 9.13. The monoisotopic (exact) mass is 516 g/mol. The number of rotatable bonds is 8. The van der Waals surface area contributed by atoms with E-state index < -0.39 is 5.82 Å². The zero-order chi connectivity index (χ0) is 25.6. The van der Waals surface area contributed by atoms with Crippen LogP contribution in [0.2, 0.25) is 0 Å². The van der Waals surface area contributed by atoms with Crippen molar-refractivity contribution in [1.29, 1.82) is 0 Å². The lowest BCUT2D eigenvalue weighted by atomic mass is 10.2. The SMILES string of the molecule is O=C(CCCSc1nc2ccccc2c(=O)n1-c1cccc(F)c1)N1CCN(Cc2ccccc2)CC1. The van der Waals surface area contributed by atoms with Gasteiger partial charge in [0.2, 0.25) is 5.91 Å². The van der Waals surface area contributed by atoms with Crippen LogP contribution in [-0.4, -0.2) is 57.2 Å². The van der Waals surface area contributed by atoms with Crippen LogP contribution in [0.1, 0.15) is 18.4 Å². The van der Waals surface area contributed by atoms with Gasteiger partial charge in [0, 0.05) is 44.9 Å². The second-order valence-corrected chi connectivity index (χ2v) is 10.2. The van der Waals surface area contributed by atoms with E-state index in [4.69, 9.17) is 4.98 Å². The van der Waals surface area contributed by atoms with Gasteiger partial charge in [-0.3, -0.25) is 19.1 Å². The quantitative estimate of drug-likeness (QED) is 0.192. The van der Waals surface area contributed by atoms with Gasteiger partial charge >= 0.3 is 0 Å². The van der Waals surface area contributed by atoms with Crippen molar-refractivity contribution in [2.45, 2.75) is 24.5 Å². The summed E-state index contributed by atoms with van der Waals surface area (Å²) < 4.78 is 15.4. The molecular formula is C29H29FN4O2S. The first-order valence-electron chi connectivity index (χ1n) is 12.5. The van der Waals surface area contributed by atoms with Crippen LogP contribution in [0.4, 0.5) is 4.39 Å². The van der Waals surface area contributed by atoms with E-state index >= 15 is 0 Å². The minimum absolute atomic E-state index is 0.161. The average Bonchev–Trinajstić information content (AvgIpc) is 2.92. The van der Waals surface area contributed by atoms with Crippen molar-refractivity contribution in [2.24, 2.45) is 0 Å². The highest BCUT2D eigenvalue weighted by Crippen LogP contribution is 2.23. The molecule has 1 fully saturated rings. The maximum atomic E-state index is 13.9. The summed E-state index contributed by atoms with van der Waals surface area (Å²) in [7, 11) is 0.